The molecule has 14 heavy (non-hydrogen) atoms. The highest BCUT2D eigenvalue weighted by Gasteiger charge is 2.26. The minimum atomic E-state index is -0.621. The van der Waals surface area contributed by atoms with Gasteiger partial charge in [-0.25, -0.2) is 0 Å². The second-order valence-corrected chi connectivity index (χ2v) is 4.06. The Morgan fingerprint density at radius 3 is 2.57 bits per heavy atom. The Bertz CT molecular complexity index is 345. The van der Waals surface area contributed by atoms with Crippen molar-refractivity contribution in [2.24, 2.45) is 0 Å². The van der Waals surface area contributed by atoms with Crippen molar-refractivity contribution >= 4 is 17.9 Å². The predicted molar refractivity (Wildman–Crippen MR) is 57.1 cm³/mol. The monoisotopic (exact) mass is 212 g/mol. The van der Waals surface area contributed by atoms with Crippen LogP contribution in [0.3, 0.4) is 0 Å². The minimum absolute atomic E-state index is 0.557. The van der Waals surface area contributed by atoms with Gasteiger partial charge in [0.1, 0.15) is 12.0 Å². The molecule has 0 radical (unpaired) electrons. The molecule has 0 spiro atoms. The van der Waals surface area contributed by atoms with Crippen molar-refractivity contribution in [3.63, 3.8) is 0 Å². The van der Waals surface area contributed by atoms with Crippen molar-refractivity contribution < 1.29 is 9.53 Å². The Labute approximate surface area is 88.8 Å². The van der Waals surface area contributed by atoms with Crippen LogP contribution >= 0.6 is 11.6 Å². The summed E-state index contributed by atoms with van der Waals surface area (Å²) in [6.07, 6.45) is 0.872. The fraction of sp³-hybridized carbons (Fsp3) is 0.364. The standard InChI is InChI=1S/C11H13ClO2/c1-11(2,7-13)10-8(12)5-4-6-9(10)14-3/h4-7H,1-3H3. The molecule has 76 valence electrons. The quantitative estimate of drug-likeness (QED) is 0.721. The maximum Gasteiger partial charge on any atom is 0.130 e. The van der Waals surface area contributed by atoms with Gasteiger partial charge >= 0.3 is 0 Å². The van der Waals surface area contributed by atoms with Gasteiger partial charge in [-0.1, -0.05) is 17.7 Å². The maximum atomic E-state index is 10.9. The topological polar surface area (TPSA) is 26.3 Å². The first-order valence-corrected chi connectivity index (χ1v) is 4.70. The summed E-state index contributed by atoms with van der Waals surface area (Å²) in [5.41, 5.74) is 0.114. The number of aldehydes is 1. The average Bonchev–Trinajstić information content (AvgIpc) is 2.17. The van der Waals surface area contributed by atoms with Gasteiger partial charge in [-0.2, -0.15) is 0 Å². The van der Waals surface area contributed by atoms with Crippen LogP contribution in [0.5, 0.6) is 5.75 Å². The van der Waals surface area contributed by atoms with Crippen LogP contribution in [0.2, 0.25) is 5.02 Å². The normalized spacial score (nSPS) is 11.1. The van der Waals surface area contributed by atoms with Gasteiger partial charge in [0.15, 0.2) is 0 Å². The summed E-state index contributed by atoms with van der Waals surface area (Å²) >= 11 is 6.03. The van der Waals surface area contributed by atoms with Crippen molar-refractivity contribution in [3.05, 3.63) is 28.8 Å². The SMILES string of the molecule is COc1cccc(Cl)c1C(C)(C)C=O. The number of halogens is 1. The van der Waals surface area contributed by atoms with Crippen LogP contribution in [0, 0.1) is 0 Å². The highest BCUT2D eigenvalue weighted by Crippen LogP contribution is 2.35. The molecule has 0 heterocycles. The molecule has 0 N–H and O–H groups in total. The molecule has 0 saturated heterocycles. The summed E-state index contributed by atoms with van der Waals surface area (Å²) in [5.74, 6) is 0.648. The summed E-state index contributed by atoms with van der Waals surface area (Å²) in [7, 11) is 1.57. The van der Waals surface area contributed by atoms with E-state index in [4.69, 9.17) is 16.3 Å². The van der Waals surface area contributed by atoms with E-state index < -0.39 is 5.41 Å². The summed E-state index contributed by atoms with van der Waals surface area (Å²) in [4.78, 5) is 10.9. The number of hydrogen-bond acceptors (Lipinski definition) is 2. The van der Waals surface area contributed by atoms with E-state index in [1.165, 1.54) is 0 Å². The highest BCUT2D eigenvalue weighted by atomic mass is 35.5. The molecule has 1 aromatic rings. The smallest absolute Gasteiger partial charge is 0.130 e. The summed E-state index contributed by atoms with van der Waals surface area (Å²) in [5, 5.41) is 0.557. The van der Waals surface area contributed by atoms with Crippen LogP contribution in [-0.2, 0) is 10.2 Å². The van der Waals surface area contributed by atoms with Gasteiger partial charge in [0.05, 0.1) is 12.5 Å². The third-order valence-electron chi connectivity index (χ3n) is 2.13. The van der Waals surface area contributed by atoms with Crippen LogP contribution in [0.4, 0.5) is 0 Å². The molecule has 3 heteroatoms. The van der Waals surface area contributed by atoms with Crippen molar-refractivity contribution in [1.82, 2.24) is 0 Å². The lowest BCUT2D eigenvalue weighted by atomic mass is 9.85. The van der Waals surface area contributed by atoms with E-state index in [0.29, 0.717) is 10.8 Å². The molecule has 0 bridgehead atoms. The third-order valence-corrected chi connectivity index (χ3v) is 2.45. The van der Waals surface area contributed by atoms with Gasteiger partial charge < -0.3 is 9.53 Å². The van der Waals surface area contributed by atoms with Crippen LogP contribution in [0.15, 0.2) is 18.2 Å². The summed E-state index contributed by atoms with van der Waals surface area (Å²) in [6.45, 7) is 3.62. The number of ether oxygens (including phenoxy) is 1. The molecule has 0 saturated carbocycles. The molecule has 0 aliphatic rings. The second kappa shape index (κ2) is 4.01. The summed E-state index contributed by atoms with van der Waals surface area (Å²) < 4.78 is 5.17. The first-order chi connectivity index (χ1) is 6.53. The Morgan fingerprint density at radius 1 is 1.43 bits per heavy atom. The molecule has 1 rings (SSSR count). The van der Waals surface area contributed by atoms with E-state index in [2.05, 4.69) is 0 Å². The van der Waals surface area contributed by atoms with Crippen molar-refractivity contribution in [2.75, 3.05) is 7.11 Å². The van der Waals surface area contributed by atoms with Crippen LogP contribution in [0.25, 0.3) is 0 Å². The summed E-state index contributed by atoms with van der Waals surface area (Å²) in [6, 6.07) is 5.35. The second-order valence-electron chi connectivity index (χ2n) is 3.66. The van der Waals surface area contributed by atoms with E-state index >= 15 is 0 Å². The number of methoxy groups -OCH3 is 1. The van der Waals surface area contributed by atoms with Crippen LogP contribution in [-0.4, -0.2) is 13.4 Å². The van der Waals surface area contributed by atoms with Gasteiger partial charge in [0.25, 0.3) is 0 Å². The number of benzene rings is 1. The molecule has 1 aromatic carbocycles. The average molecular weight is 213 g/mol. The zero-order valence-corrected chi connectivity index (χ0v) is 9.26. The lowest BCUT2D eigenvalue weighted by Crippen LogP contribution is -2.20. The van der Waals surface area contributed by atoms with E-state index in [-0.39, 0.29) is 0 Å². The Hall–Kier alpha value is -1.02. The molecule has 0 aliphatic heterocycles. The van der Waals surface area contributed by atoms with Crippen LogP contribution in [0.1, 0.15) is 19.4 Å². The maximum absolute atomic E-state index is 10.9. The lowest BCUT2D eigenvalue weighted by Gasteiger charge is -2.21. The molecule has 2 nitrogen and oxygen atoms in total. The van der Waals surface area contributed by atoms with E-state index in [9.17, 15) is 4.79 Å². The van der Waals surface area contributed by atoms with Gasteiger partial charge in [-0.3, -0.25) is 0 Å². The van der Waals surface area contributed by atoms with Gasteiger partial charge in [-0.05, 0) is 26.0 Å². The first kappa shape index (κ1) is 11.1. The largest absolute Gasteiger partial charge is 0.496 e. The third kappa shape index (κ3) is 1.90. The lowest BCUT2D eigenvalue weighted by molar-refractivity contribution is -0.111. The molecule has 0 amide bonds. The van der Waals surface area contributed by atoms with Gasteiger partial charge in [-0.15, -0.1) is 0 Å². The van der Waals surface area contributed by atoms with Crippen molar-refractivity contribution in [3.8, 4) is 5.75 Å². The van der Waals surface area contributed by atoms with Gasteiger partial charge in [0, 0.05) is 10.6 Å². The number of hydrogen-bond donors (Lipinski definition) is 0. The number of carbonyl (C=O) groups excluding carboxylic acids is 1. The molecule has 0 atom stereocenters. The molecule has 0 aromatic heterocycles. The predicted octanol–water partition coefficient (Wildman–Crippen LogP) is 2.83. The molecule has 0 fully saturated rings. The molecular formula is C11H13ClO2. The zero-order valence-electron chi connectivity index (χ0n) is 8.50. The van der Waals surface area contributed by atoms with E-state index in [1.54, 1.807) is 25.3 Å². The van der Waals surface area contributed by atoms with E-state index in [0.717, 1.165) is 11.8 Å². The van der Waals surface area contributed by atoms with Gasteiger partial charge in [0.2, 0.25) is 0 Å². The first-order valence-electron chi connectivity index (χ1n) is 4.32. The number of rotatable bonds is 3. The molecular weight excluding hydrogens is 200 g/mol. The molecule has 0 aliphatic carbocycles. The number of carbonyl (C=O) groups is 1. The fourth-order valence-corrected chi connectivity index (χ4v) is 1.77. The Kier molecular flexibility index (Phi) is 3.17. The van der Waals surface area contributed by atoms with Crippen molar-refractivity contribution in [1.29, 1.82) is 0 Å². The minimum Gasteiger partial charge on any atom is -0.496 e. The van der Waals surface area contributed by atoms with Crippen LogP contribution < -0.4 is 4.74 Å². The molecule has 0 unspecified atom stereocenters. The fourth-order valence-electron chi connectivity index (χ4n) is 1.36. The zero-order chi connectivity index (χ0) is 10.8. The van der Waals surface area contributed by atoms with E-state index in [1.807, 2.05) is 13.8 Å². The van der Waals surface area contributed by atoms with Crippen molar-refractivity contribution in [2.45, 2.75) is 19.3 Å². The Balaban J connectivity index is 3.37. The Morgan fingerprint density at radius 2 is 2.07 bits per heavy atom. The highest BCUT2D eigenvalue weighted by molar-refractivity contribution is 6.31.